The van der Waals surface area contributed by atoms with Gasteiger partial charge in [-0.1, -0.05) is 0 Å². The molecule has 1 saturated heterocycles. The minimum Gasteiger partial charge on any atom is -0.355 e. The van der Waals surface area contributed by atoms with Gasteiger partial charge in [0, 0.05) is 18.3 Å². The maximum absolute atomic E-state index is 13.8. The normalized spacial score (nSPS) is 20.0. The van der Waals surface area contributed by atoms with E-state index in [-0.39, 0.29) is 12.8 Å². The average molecular weight is 465 g/mol. The molecular weight excluding hydrogens is 441 g/mol. The van der Waals surface area contributed by atoms with Gasteiger partial charge in [0.2, 0.25) is 0 Å². The monoisotopic (exact) mass is 464 g/mol. The lowest BCUT2D eigenvalue weighted by Gasteiger charge is -2.43. The van der Waals surface area contributed by atoms with Crippen LogP contribution in [-0.2, 0) is 11.0 Å². The fourth-order valence-electron chi connectivity index (χ4n) is 3.65. The number of amides is 2. The summed E-state index contributed by atoms with van der Waals surface area (Å²) in [6.07, 6.45) is -4.54. The van der Waals surface area contributed by atoms with Crippen molar-refractivity contribution in [2.24, 2.45) is 0 Å². The van der Waals surface area contributed by atoms with Gasteiger partial charge in [-0.15, -0.1) is 0 Å². The Morgan fingerprint density at radius 3 is 2.41 bits per heavy atom. The van der Waals surface area contributed by atoms with Crippen molar-refractivity contribution in [3.63, 3.8) is 0 Å². The molecule has 10 heteroatoms. The molecule has 1 aliphatic heterocycles. The van der Waals surface area contributed by atoms with E-state index in [2.05, 4.69) is 5.32 Å². The molecule has 2 aromatic carbocycles. The van der Waals surface area contributed by atoms with Gasteiger partial charge in [0.15, 0.2) is 5.11 Å². The van der Waals surface area contributed by atoms with Gasteiger partial charge in [-0.05, 0) is 73.8 Å². The van der Waals surface area contributed by atoms with E-state index >= 15 is 0 Å². The van der Waals surface area contributed by atoms with Crippen LogP contribution < -0.4 is 15.1 Å². The molecule has 2 aliphatic rings. The van der Waals surface area contributed by atoms with Gasteiger partial charge in [0.25, 0.3) is 11.8 Å². The number of hydrogen-bond donors (Lipinski definition) is 1. The first-order valence-corrected chi connectivity index (χ1v) is 9.69. The van der Waals surface area contributed by atoms with E-state index in [0.717, 1.165) is 4.90 Å². The Bertz CT molecular complexity index is 1460. The summed E-state index contributed by atoms with van der Waals surface area (Å²) in [4.78, 5) is 27.5. The van der Waals surface area contributed by atoms with Gasteiger partial charge >= 0.3 is 6.18 Å². The lowest BCUT2D eigenvalue weighted by Crippen LogP contribution is -2.55. The van der Waals surface area contributed by atoms with Crippen LogP contribution in [0.3, 0.4) is 0 Å². The van der Waals surface area contributed by atoms with Gasteiger partial charge in [0.05, 0.1) is 31.1 Å². The number of nitrogens with one attached hydrogen (secondary N) is 1. The predicted octanol–water partition coefficient (Wildman–Crippen LogP) is 4.00. The number of carbonyl (C=O) groups excluding carboxylic acids is 2. The topological polar surface area (TPSA) is 76.4 Å². The van der Waals surface area contributed by atoms with Gasteiger partial charge in [0.1, 0.15) is 5.54 Å². The Morgan fingerprint density at radius 2 is 1.91 bits per heavy atom. The highest BCUT2D eigenvalue weighted by molar-refractivity contribution is 7.81. The zero-order chi connectivity index (χ0) is 28.5. The molecule has 1 aliphatic carbocycles. The van der Waals surface area contributed by atoms with Crippen molar-refractivity contribution in [3.05, 3.63) is 59.0 Å². The molecule has 32 heavy (non-hydrogen) atoms. The Labute approximate surface area is 195 Å². The number of alkyl halides is 3. The number of hydrogen-bond acceptors (Lipinski definition) is 4. The summed E-state index contributed by atoms with van der Waals surface area (Å²) in [5.41, 5.74) is -6.06. The van der Waals surface area contributed by atoms with Crippen molar-refractivity contribution in [3.8, 4) is 6.07 Å². The molecule has 0 atom stereocenters. The molecule has 0 aromatic heterocycles. The molecule has 1 heterocycles. The number of nitriles is 1. The number of benzene rings is 2. The molecule has 4 rings (SSSR count). The van der Waals surface area contributed by atoms with Crippen LogP contribution >= 0.6 is 12.2 Å². The second-order valence-electron chi connectivity index (χ2n) is 7.11. The van der Waals surface area contributed by atoms with Crippen LogP contribution in [0.2, 0.25) is 0 Å². The van der Waals surface area contributed by atoms with E-state index in [1.807, 2.05) is 0 Å². The SMILES string of the molecule is [2H]c1cc(C#N)c(C(F)(F)F)c([2H])c1N1C(=O)C2(CCC2)N(c2c([2H])c([2H])c(C(=O)NC)c([2H])c2[2H])C1=S. The lowest BCUT2D eigenvalue weighted by molar-refractivity contribution is -0.137. The zero-order valence-corrected chi connectivity index (χ0v) is 17.2. The number of anilines is 2. The highest BCUT2D eigenvalue weighted by Gasteiger charge is 2.59. The third-order valence-corrected chi connectivity index (χ3v) is 5.74. The van der Waals surface area contributed by atoms with Crippen LogP contribution in [0.4, 0.5) is 24.5 Å². The number of carbonyl (C=O) groups is 2. The maximum atomic E-state index is 13.8. The first kappa shape index (κ1) is 15.4. The van der Waals surface area contributed by atoms with Crippen LogP contribution in [0.1, 0.15) is 49.0 Å². The van der Waals surface area contributed by atoms with Crippen molar-refractivity contribution >= 4 is 40.5 Å². The summed E-state index contributed by atoms with van der Waals surface area (Å²) in [5.74, 6) is -1.79. The Kier molecular flexibility index (Phi) is 3.65. The molecule has 1 N–H and O–H groups in total. The van der Waals surface area contributed by atoms with Gasteiger partial charge < -0.3 is 10.2 Å². The van der Waals surface area contributed by atoms with E-state index in [9.17, 15) is 22.8 Å². The van der Waals surface area contributed by atoms with Crippen LogP contribution in [-0.4, -0.2) is 29.5 Å². The Balaban J connectivity index is 2.00. The fraction of sp³-hybridized carbons (Fsp3) is 0.273. The number of thiocarbonyl (C=S) groups is 1. The van der Waals surface area contributed by atoms with E-state index in [1.165, 1.54) is 13.1 Å². The molecule has 2 amide bonds. The van der Waals surface area contributed by atoms with Crippen LogP contribution in [0.15, 0.2) is 42.3 Å². The van der Waals surface area contributed by atoms with E-state index in [0.29, 0.717) is 17.4 Å². The molecule has 164 valence electrons. The molecule has 1 spiro atoms. The van der Waals surface area contributed by atoms with E-state index < -0.39 is 93.0 Å². The van der Waals surface area contributed by atoms with Gasteiger partial charge in [-0.3, -0.25) is 14.5 Å². The molecule has 0 radical (unpaired) electrons. The first-order valence-electron chi connectivity index (χ1n) is 12.3. The van der Waals surface area contributed by atoms with Crippen molar-refractivity contribution in [2.45, 2.75) is 31.0 Å². The highest BCUT2D eigenvalue weighted by Crippen LogP contribution is 2.48. The number of nitrogens with zero attached hydrogens (tertiary/aromatic N) is 3. The minimum atomic E-state index is -5.17. The summed E-state index contributed by atoms with van der Waals surface area (Å²) in [5, 5.41) is 10.8. The molecule has 1 saturated carbocycles. The summed E-state index contributed by atoms with van der Waals surface area (Å²) in [7, 11) is 1.24. The third-order valence-electron chi connectivity index (χ3n) is 5.38. The molecule has 0 unspecified atom stereocenters. The van der Waals surface area contributed by atoms with Crippen LogP contribution in [0.5, 0.6) is 0 Å². The highest BCUT2D eigenvalue weighted by atomic mass is 32.1. The van der Waals surface area contributed by atoms with Crippen molar-refractivity contribution in [2.75, 3.05) is 16.8 Å². The molecular formula is C22H17F3N4O2S. The van der Waals surface area contributed by atoms with Gasteiger partial charge in [-0.25, -0.2) is 0 Å². The quantitative estimate of drug-likeness (QED) is 0.695. The largest absolute Gasteiger partial charge is 0.417 e. The summed E-state index contributed by atoms with van der Waals surface area (Å²) < 4.78 is 91.4. The minimum absolute atomic E-state index is 0.0856. The van der Waals surface area contributed by atoms with E-state index in [4.69, 9.17) is 25.7 Å². The number of halogens is 3. The first-order chi connectivity index (χ1) is 17.6. The second kappa shape index (κ2) is 7.60. The third kappa shape index (κ3) is 3.20. The van der Waals surface area contributed by atoms with Crippen LogP contribution in [0, 0.1) is 11.3 Å². The average Bonchev–Trinajstić information content (AvgIpc) is 3.03. The van der Waals surface area contributed by atoms with Crippen molar-refractivity contribution in [1.82, 2.24) is 5.32 Å². The smallest absolute Gasteiger partial charge is 0.355 e. The number of rotatable bonds is 3. The fourth-order valence-corrected chi connectivity index (χ4v) is 4.09. The van der Waals surface area contributed by atoms with E-state index in [1.54, 1.807) is 0 Å². The van der Waals surface area contributed by atoms with Crippen molar-refractivity contribution in [1.29, 1.82) is 5.26 Å². The summed E-state index contributed by atoms with van der Waals surface area (Å²) in [6.45, 7) is 0. The molecule has 6 nitrogen and oxygen atoms in total. The van der Waals surface area contributed by atoms with Crippen LogP contribution in [0.25, 0.3) is 0 Å². The predicted molar refractivity (Wildman–Crippen MR) is 115 cm³/mol. The zero-order valence-electron chi connectivity index (χ0n) is 22.4. The summed E-state index contributed by atoms with van der Waals surface area (Å²) in [6, 6.07) is -3.03. The molecule has 0 bridgehead atoms. The maximum Gasteiger partial charge on any atom is 0.417 e. The second-order valence-corrected chi connectivity index (χ2v) is 7.47. The Morgan fingerprint density at radius 1 is 1.25 bits per heavy atom. The molecule has 2 fully saturated rings. The summed E-state index contributed by atoms with van der Waals surface area (Å²) >= 11 is 5.43. The van der Waals surface area contributed by atoms with Gasteiger partial charge in [-0.2, -0.15) is 18.4 Å². The Hall–Kier alpha value is -3.45. The lowest BCUT2D eigenvalue weighted by atomic mass is 9.75. The van der Waals surface area contributed by atoms with Crippen molar-refractivity contribution < 1.29 is 31.0 Å². The standard InChI is InChI=1S/C22H17F3N4O2S/c1-27-18(30)13-3-6-15(7-4-13)29-20(32)28(19(31)21(29)9-2-10-21)16-8-5-14(12-26)17(11-16)22(23,24)25/h3-8,11H,2,9-10H2,1H3,(H,27,30)/i3D,4D,6D,7D,8D,11D. The molecule has 2 aromatic rings.